The molecule has 0 radical (unpaired) electrons. The van der Waals surface area contributed by atoms with Gasteiger partial charge < -0.3 is 0 Å². The van der Waals surface area contributed by atoms with Crippen molar-refractivity contribution in [2.45, 2.75) is 0 Å². The average Bonchev–Trinajstić information content (AvgIpc) is 3.03. The Bertz CT molecular complexity index is 977. The van der Waals surface area contributed by atoms with E-state index in [0.29, 0.717) is 15.6 Å². The fourth-order valence-corrected chi connectivity index (χ4v) is 3.21. The molecule has 10 heteroatoms. The van der Waals surface area contributed by atoms with Crippen LogP contribution in [0, 0.1) is 10.1 Å². The molecular formula is C15H8Cl2N4O3S. The van der Waals surface area contributed by atoms with Crippen LogP contribution in [0.4, 0.5) is 10.8 Å². The predicted molar refractivity (Wildman–Crippen MR) is 96.4 cm³/mol. The first-order valence-corrected chi connectivity index (χ1v) is 8.36. The summed E-state index contributed by atoms with van der Waals surface area (Å²) in [6.45, 7) is 0. The highest BCUT2D eigenvalue weighted by molar-refractivity contribution is 7.18. The van der Waals surface area contributed by atoms with E-state index in [2.05, 4.69) is 15.5 Å². The minimum atomic E-state index is -0.490. The zero-order valence-electron chi connectivity index (χ0n) is 12.3. The van der Waals surface area contributed by atoms with Gasteiger partial charge in [-0.05, 0) is 18.2 Å². The number of nitrogens with zero attached hydrogens (tertiary/aromatic N) is 3. The number of nitrogens with one attached hydrogen (secondary N) is 1. The Morgan fingerprint density at radius 2 is 1.96 bits per heavy atom. The molecule has 0 bridgehead atoms. The van der Waals surface area contributed by atoms with Gasteiger partial charge in [-0.2, -0.15) is 0 Å². The summed E-state index contributed by atoms with van der Waals surface area (Å²) in [5, 5.41) is 22.6. The Balaban J connectivity index is 1.81. The minimum absolute atomic E-state index is 0.0498. The van der Waals surface area contributed by atoms with Gasteiger partial charge in [0.2, 0.25) is 5.13 Å². The van der Waals surface area contributed by atoms with Crippen LogP contribution in [0.15, 0.2) is 42.5 Å². The van der Waals surface area contributed by atoms with Gasteiger partial charge in [0.25, 0.3) is 11.6 Å². The summed E-state index contributed by atoms with van der Waals surface area (Å²) in [4.78, 5) is 22.6. The van der Waals surface area contributed by atoms with E-state index in [9.17, 15) is 14.9 Å². The largest absolute Gasteiger partial charge is 0.296 e. The first-order chi connectivity index (χ1) is 11.9. The lowest BCUT2D eigenvalue weighted by atomic mass is 10.2. The monoisotopic (exact) mass is 394 g/mol. The molecule has 25 heavy (non-hydrogen) atoms. The van der Waals surface area contributed by atoms with Crippen LogP contribution in [0.3, 0.4) is 0 Å². The maximum absolute atomic E-state index is 12.2. The van der Waals surface area contributed by atoms with Crippen LogP contribution >= 0.6 is 34.5 Å². The minimum Gasteiger partial charge on any atom is -0.296 e. The molecule has 0 unspecified atom stereocenters. The number of benzene rings is 2. The second-order valence-electron chi connectivity index (χ2n) is 4.80. The van der Waals surface area contributed by atoms with Crippen molar-refractivity contribution >= 4 is 51.3 Å². The van der Waals surface area contributed by atoms with E-state index in [1.165, 1.54) is 24.3 Å². The van der Waals surface area contributed by atoms with Crippen molar-refractivity contribution in [2.75, 3.05) is 5.32 Å². The first-order valence-electron chi connectivity index (χ1n) is 6.79. The Morgan fingerprint density at radius 1 is 1.16 bits per heavy atom. The van der Waals surface area contributed by atoms with E-state index in [4.69, 9.17) is 23.2 Å². The van der Waals surface area contributed by atoms with E-state index < -0.39 is 10.8 Å². The molecule has 0 aliphatic carbocycles. The quantitative estimate of drug-likeness (QED) is 0.511. The van der Waals surface area contributed by atoms with E-state index >= 15 is 0 Å². The topological polar surface area (TPSA) is 98.0 Å². The van der Waals surface area contributed by atoms with E-state index in [1.807, 2.05) is 0 Å². The van der Waals surface area contributed by atoms with Gasteiger partial charge in [-0.25, -0.2) is 0 Å². The molecule has 1 aromatic heterocycles. The van der Waals surface area contributed by atoms with Crippen molar-refractivity contribution in [1.82, 2.24) is 10.2 Å². The molecule has 0 aliphatic rings. The molecule has 2 aromatic carbocycles. The standard InChI is InChI=1S/C15H8Cl2N4O3S/c16-9-4-5-11(12(17)7-9)13(22)18-15-20-19-14(25-15)8-2-1-3-10(6-8)21(23)24/h1-7H,(H,18,20,22). The van der Waals surface area contributed by atoms with Gasteiger partial charge in [0, 0.05) is 22.7 Å². The molecule has 0 atom stereocenters. The third kappa shape index (κ3) is 3.93. The number of nitro groups is 1. The van der Waals surface area contributed by atoms with Crippen molar-refractivity contribution in [3.8, 4) is 10.6 Å². The van der Waals surface area contributed by atoms with Gasteiger partial charge in [-0.3, -0.25) is 20.2 Å². The fraction of sp³-hybridized carbons (Fsp3) is 0. The van der Waals surface area contributed by atoms with Crippen molar-refractivity contribution in [1.29, 1.82) is 0 Å². The third-order valence-electron chi connectivity index (χ3n) is 3.13. The summed E-state index contributed by atoms with van der Waals surface area (Å²) < 4.78 is 0. The highest BCUT2D eigenvalue weighted by Crippen LogP contribution is 2.29. The third-order valence-corrected chi connectivity index (χ3v) is 4.56. The maximum Gasteiger partial charge on any atom is 0.270 e. The number of rotatable bonds is 4. The Hall–Kier alpha value is -2.55. The van der Waals surface area contributed by atoms with Crippen molar-refractivity contribution in [3.05, 3.63) is 68.2 Å². The van der Waals surface area contributed by atoms with Crippen LogP contribution in [-0.4, -0.2) is 21.0 Å². The lowest BCUT2D eigenvalue weighted by molar-refractivity contribution is -0.384. The van der Waals surface area contributed by atoms with Crippen molar-refractivity contribution < 1.29 is 9.72 Å². The van der Waals surface area contributed by atoms with Gasteiger partial charge in [0.05, 0.1) is 15.5 Å². The Kier molecular flexibility index (Phi) is 4.93. The molecule has 0 saturated carbocycles. The number of amides is 1. The van der Waals surface area contributed by atoms with Gasteiger partial charge in [0.1, 0.15) is 5.01 Å². The average molecular weight is 395 g/mol. The molecule has 3 rings (SSSR count). The van der Waals surface area contributed by atoms with Gasteiger partial charge in [-0.1, -0.05) is 46.7 Å². The second kappa shape index (κ2) is 7.14. The molecule has 1 amide bonds. The van der Waals surface area contributed by atoms with Crippen LogP contribution in [0.5, 0.6) is 0 Å². The van der Waals surface area contributed by atoms with E-state index in [-0.39, 0.29) is 21.4 Å². The molecule has 7 nitrogen and oxygen atoms in total. The highest BCUT2D eigenvalue weighted by Gasteiger charge is 2.15. The number of anilines is 1. The van der Waals surface area contributed by atoms with Crippen LogP contribution < -0.4 is 5.32 Å². The summed E-state index contributed by atoms with van der Waals surface area (Å²) in [5.41, 5.74) is 0.737. The number of carbonyl (C=O) groups excluding carboxylic acids is 1. The predicted octanol–water partition coefficient (Wildman–Crippen LogP) is 4.67. The zero-order valence-corrected chi connectivity index (χ0v) is 14.6. The number of aromatic nitrogens is 2. The van der Waals surface area contributed by atoms with Crippen molar-refractivity contribution in [3.63, 3.8) is 0 Å². The highest BCUT2D eigenvalue weighted by atomic mass is 35.5. The number of hydrogen-bond acceptors (Lipinski definition) is 6. The van der Waals surface area contributed by atoms with E-state index in [0.717, 1.165) is 11.3 Å². The zero-order chi connectivity index (χ0) is 18.0. The van der Waals surface area contributed by atoms with Crippen molar-refractivity contribution in [2.24, 2.45) is 0 Å². The second-order valence-corrected chi connectivity index (χ2v) is 6.62. The number of carbonyl (C=O) groups is 1. The van der Waals surface area contributed by atoms with E-state index in [1.54, 1.807) is 18.2 Å². The lowest BCUT2D eigenvalue weighted by Crippen LogP contribution is -2.12. The number of hydrogen-bond donors (Lipinski definition) is 1. The summed E-state index contributed by atoms with van der Waals surface area (Å²) in [6, 6.07) is 10.5. The molecule has 0 spiro atoms. The summed E-state index contributed by atoms with van der Waals surface area (Å²) in [6.07, 6.45) is 0. The SMILES string of the molecule is O=C(Nc1nnc(-c2cccc([N+](=O)[O-])c2)s1)c1ccc(Cl)cc1Cl. The molecule has 0 aliphatic heterocycles. The van der Waals surface area contributed by atoms with Crippen LogP contribution in [0.2, 0.25) is 10.0 Å². The number of nitro benzene ring substituents is 1. The summed E-state index contributed by atoms with van der Waals surface area (Å²) in [5.74, 6) is -0.455. The summed E-state index contributed by atoms with van der Waals surface area (Å²) in [7, 11) is 0. The van der Waals surface area contributed by atoms with Crippen LogP contribution in [-0.2, 0) is 0 Å². The number of halogens is 2. The molecule has 0 fully saturated rings. The fourth-order valence-electron chi connectivity index (χ4n) is 1.98. The summed E-state index contributed by atoms with van der Waals surface area (Å²) >= 11 is 12.9. The Morgan fingerprint density at radius 3 is 2.68 bits per heavy atom. The molecule has 3 aromatic rings. The molecule has 1 N–H and O–H groups in total. The molecule has 0 saturated heterocycles. The van der Waals surface area contributed by atoms with Crippen LogP contribution in [0.1, 0.15) is 10.4 Å². The van der Waals surface area contributed by atoms with Gasteiger partial charge in [-0.15, -0.1) is 10.2 Å². The molecule has 126 valence electrons. The smallest absolute Gasteiger partial charge is 0.270 e. The Labute approximate surface area is 155 Å². The molecular weight excluding hydrogens is 387 g/mol. The first kappa shape index (κ1) is 17.3. The molecule has 1 heterocycles. The van der Waals surface area contributed by atoms with Gasteiger partial charge in [0.15, 0.2) is 0 Å². The van der Waals surface area contributed by atoms with Crippen LogP contribution in [0.25, 0.3) is 10.6 Å². The number of non-ortho nitro benzene ring substituents is 1. The maximum atomic E-state index is 12.2. The van der Waals surface area contributed by atoms with Gasteiger partial charge >= 0.3 is 0 Å². The normalized spacial score (nSPS) is 10.5. The lowest BCUT2D eigenvalue weighted by Gasteiger charge is -2.03.